The number of hydrogen-bond acceptors (Lipinski definition) is 2. The van der Waals surface area contributed by atoms with Gasteiger partial charge in [-0.1, -0.05) is 48.0 Å². The molecule has 2 nitrogen and oxygen atoms in total. The zero-order chi connectivity index (χ0) is 13.9. The smallest absolute Gasteiger partial charge is 0.338 e. The van der Waals surface area contributed by atoms with Crippen LogP contribution < -0.4 is 0 Å². The molecule has 0 aliphatic carbocycles. The first-order valence-corrected chi connectivity index (χ1v) is 6.42. The monoisotopic (exact) mass is 274 g/mol. The first-order chi connectivity index (χ1) is 9.00. The van der Waals surface area contributed by atoms with Gasteiger partial charge in [-0.2, -0.15) is 0 Å². The molecule has 0 aromatic heterocycles. The summed E-state index contributed by atoms with van der Waals surface area (Å²) in [5, 5.41) is 0.591. The zero-order valence-electron chi connectivity index (χ0n) is 10.9. The van der Waals surface area contributed by atoms with Crippen molar-refractivity contribution in [3.05, 3.63) is 70.7 Å². The van der Waals surface area contributed by atoms with Gasteiger partial charge in [-0.15, -0.1) is 0 Å². The van der Waals surface area contributed by atoms with E-state index >= 15 is 0 Å². The van der Waals surface area contributed by atoms with Crippen molar-refractivity contribution in [3.8, 4) is 0 Å². The fraction of sp³-hybridized carbons (Fsp3) is 0.188. The predicted octanol–water partition coefficient (Wildman–Crippen LogP) is 4.43. The molecule has 0 N–H and O–H groups in total. The normalized spacial score (nSPS) is 11.1. The molecule has 0 heterocycles. The molecule has 0 radical (unpaired) electrons. The Balaban J connectivity index is 2.23. The van der Waals surface area contributed by atoms with Gasteiger partial charge >= 0.3 is 5.97 Å². The molecule has 0 atom stereocenters. The minimum Gasteiger partial charge on any atom is -0.451 e. The van der Waals surface area contributed by atoms with Crippen LogP contribution in [0.3, 0.4) is 0 Å². The predicted molar refractivity (Wildman–Crippen MR) is 76.3 cm³/mol. The topological polar surface area (TPSA) is 26.3 Å². The third kappa shape index (κ3) is 3.15. The molecular formula is C16H15ClO2. The van der Waals surface area contributed by atoms with E-state index in [9.17, 15) is 4.79 Å². The van der Waals surface area contributed by atoms with Crippen LogP contribution in [0.25, 0.3) is 0 Å². The van der Waals surface area contributed by atoms with E-state index in [1.165, 1.54) is 0 Å². The van der Waals surface area contributed by atoms with Gasteiger partial charge in [0.05, 0.1) is 5.56 Å². The van der Waals surface area contributed by atoms with Crippen LogP contribution in [0.1, 0.15) is 29.8 Å². The van der Waals surface area contributed by atoms with Crippen molar-refractivity contribution in [3.63, 3.8) is 0 Å². The van der Waals surface area contributed by atoms with Crippen molar-refractivity contribution in [2.45, 2.75) is 19.4 Å². The molecule has 2 aromatic carbocycles. The minimum atomic E-state index is -0.773. The van der Waals surface area contributed by atoms with Crippen LogP contribution in [0.5, 0.6) is 0 Å². The van der Waals surface area contributed by atoms with Gasteiger partial charge in [0.25, 0.3) is 0 Å². The van der Waals surface area contributed by atoms with Crippen LogP contribution in [-0.4, -0.2) is 5.97 Å². The molecule has 0 aliphatic heterocycles. The van der Waals surface area contributed by atoms with Crippen LogP contribution in [-0.2, 0) is 10.3 Å². The highest BCUT2D eigenvalue weighted by atomic mass is 35.5. The number of rotatable bonds is 3. The Morgan fingerprint density at radius 2 is 1.58 bits per heavy atom. The SMILES string of the molecule is CC(C)(OC(=O)c1ccccc1)c1ccccc1Cl. The van der Waals surface area contributed by atoms with Gasteiger partial charge in [0.15, 0.2) is 0 Å². The lowest BCUT2D eigenvalue weighted by atomic mass is 9.98. The van der Waals surface area contributed by atoms with E-state index in [1.54, 1.807) is 30.3 Å². The van der Waals surface area contributed by atoms with Gasteiger partial charge in [-0.25, -0.2) is 4.79 Å². The average Bonchev–Trinajstić information content (AvgIpc) is 2.39. The Labute approximate surface area is 118 Å². The van der Waals surface area contributed by atoms with Crippen LogP contribution in [0, 0.1) is 0 Å². The summed E-state index contributed by atoms with van der Waals surface area (Å²) in [5.41, 5.74) is 0.550. The summed E-state index contributed by atoms with van der Waals surface area (Å²) in [4.78, 5) is 12.1. The largest absolute Gasteiger partial charge is 0.451 e. The van der Waals surface area contributed by atoms with Gasteiger partial charge in [-0.05, 0) is 32.0 Å². The first kappa shape index (κ1) is 13.6. The average molecular weight is 275 g/mol. The quantitative estimate of drug-likeness (QED) is 0.774. The highest BCUT2D eigenvalue weighted by Crippen LogP contribution is 2.31. The molecule has 2 aromatic rings. The highest BCUT2D eigenvalue weighted by Gasteiger charge is 2.27. The van der Waals surface area contributed by atoms with E-state index in [0.29, 0.717) is 10.6 Å². The van der Waals surface area contributed by atoms with Crippen molar-refractivity contribution >= 4 is 17.6 Å². The molecule has 0 spiro atoms. The molecule has 19 heavy (non-hydrogen) atoms. The highest BCUT2D eigenvalue weighted by molar-refractivity contribution is 6.31. The van der Waals surface area contributed by atoms with Crippen molar-refractivity contribution in [2.75, 3.05) is 0 Å². The molecule has 0 aliphatic rings. The van der Waals surface area contributed by atoms with Crippen molar-refractivity contribution < 1.29 is 9.53 Å². The molecule has 0 saturated carbocycles. The van der Waals surface area contributed by atoms with Gasteiger partial charge in [0, 0.05) is 10.6 Å². The third-order valence-corrected chi connectivity index (χ3v) is 3.21. The number of carbonyl (C=O) groups is 1. The zero-order valence-corrected chi connectivity index (χ0v) is 11.6. The lowest BCUT2D eigenvalue weighted by Crippen LogP contribution is -2.26. The summed E-state index contributed by atoms with van der Waals surface area (Å²) in [6.07, 6.45) is 0. The number of benzene rings is 2. The van der Waals surface area contributed by atoms with Gasteiger partial charge in [-0.3, -0.25) is 0 Å². The molecule has 2 rings (SSSR count). The molecule has 3 heteroatoms. The summed E-state index contributed by atoms with van der Waals surface area (Å²) < 4.78 is 5.57. The molecule has 0 bridgehead atoms. The van der Waals surface area contributed by atoms with E-state index < -0.39 is 5.60 Å². The second kappa shape index (κ2) is 5.45. The third-order valence-electron chi connectivity index (χ3n) is 2.88. The fourth-order valence-corrected chi connectivity index (χ4v) is 2.23. The Bertz CT molecular complexity index is 576. The summed E-state index contributed by atoms with van der Waals surface area (Å²) in [6, 6.07) is 16.3. The molecule has 98 valence electrons. The second-order valence-corrected chi connectivity index (χ2v) is 5.15. The Morgan fingerprint density at radius 1 is 1.00 bits per heavy atom. The van der Waals surface area contributed by atoms with Crippen LogP contribution in [0.4, 0.5) is 0 Å². The van der Waals surface area contributed by atoms with E-state index in [4.69, 9.17) is 16.3 Å². The van der Waals surface area contributed by atoms with E-state index in [2.05, 4.69) is 0 Å². The molecule has 0 unspecified atom stereocenters. The van der Waals surface area contributed by atoms with Gasteiger partial charge in [0.2, 0.25) is 0 Å². The maximum absolute atomic E-state index is 12.1. The number of carbonyl (C=O) groups excluding carboxylic acids is 1. The number of halogens is 1. The molecular weight excluding hydrogens is 260 g/mol. The molecule has 0 amide bonds. The van der Waals surface area contributed by atoms with Crippen molar-refractivity contribution in [1.29, 1.82) is 0 Å². The number of esters is 1. The molecule has 0 fully saturated rings. The lowest BCUT2D eigenvalue weighted by Gasteiger charge is -2.26. The Hall–Kier alpha value is -1.80. The Morgan fingerprint density at radius 3 is 2.21 bits per heavy atom. The van der Waals surface area contributed by atoms with Crippen LogP contribution in [0.15, 0.2) is 54.6 Å². The summed E-state index contributed by atoms with van der Waals surface area (Å²) >= 11 is 6.15. The summed E-state index contributed by atoms with van der Waals surface area (Å²) in [5.74, 6) is -0.356. The van der Waals surface area contributed by atoms with Gasteiger partial charge < -0.3 is 4.74 Å². The minimum absolute atomic E-state index is 0.356. The number of hydrogen-bond donors (Lipinski definition) is 0. The van der Waals surface area contributed by atoms with E-state index in [0.717, 1.165) is 5.56 Å². The van der Waals surface area contributed by atoms with E-state index in [1.807, 2.05) is 38.1 Å². The lowest BCUT2D eigenvalue weighted by molar-refractivity contribution is -0.00307. The summed E-state index contributed by atoms with van der Waals surface area (Å²) in [7, 11) is 0. The maximum atomic E-state index is 12.1. The first-order valence-electron chi connectivity index (χ1n) is 6.04. The fourth-order valence-electron chi connectivity index (χ4n) is 1.87. The van der Waals surface area contributed by atoms with Crippen LogP contribution >= 0.6 is 11.6 Å². The van der Waals surface area contributed by atoms with Crippen LogP contribution in [0.2, 0.25) is 5.02 Å². The van der Waals surface area contributed by atoms with Gasteiger partial charge in [0.1, 0.15) is 5.60 Å². The molecule has 0 saturated heterocycles. The van der Waals surface area contributed by atoms with Crippen molar-refractivity contribution in [1.82, 2.24) is 0 Å². The summed E-state index contributed by atoms with van der Waals surface area (Å²) in [6.45, 7) is 3.66. The Kier molecular flexibility index (Phi) is 3.91. The maximum Gasteiger partial charge on any atom is 0.338 e. The van der Waals surface area contributed by atoms with E-state index in [-0.39, 0.29) is 5.97 Å². The van der Waals surface area contributed by atoms with Crippen molar-refractivity contribution in [2.24, 2.45) is 0 Å². The standard InChI is InChI=1S/C16H15ClO2/c1-16(2,13-10-6-7-11-14(13)17)19-15(18)12-8-4-3-5-9-12/h3-11H,1-2H3. The second-order valence-electron chi connectivity index (χ2n) is 4.75. The number of ether oxygens (including phenoxy) is 1.